The van der Waals surface area contributed by atoms with Gasteiger partial charge in [-0.05, 0) is 31.1 Å². The number of halogens is 2. The third-order valence-corrected chi connectivity index (χ3v) is 6.80. The Bertz CT molecular complexity index is 1420. The fraction of sp³-hybridized carbons (Fsp3) is 0.292. The molecule has 0 spiro atoms. The Morgan fingerprint density at radius 2 is 2.00 bits per heavy atom. The average Bonchev–Trinajstić information content (AvgIpc) is 3.61. The van der Waals surface area contributed by atoms with Crippen molar-refractivity contribution in [3.63, 3.8) is 0 Å². The molecule has 0 radical (unpaired) electrons. The van der Waals surface area contributed by atoms with Crippen LogP contribution in [0, 0.1) is 5.41 Å². The number of aromatic nitrogens is 7. The van der Waals surface area contributed by atoms with E-state index in [0.717, 1.165) is 30.6 Å². The first kappa shape index (κ1) is 20.6. The molecule has 1 saturated heterocycles. The zero-order chi connectivity index (χ0) is 23.3. The van der Waals surface area contributed by atoms with Crippen LogP contribution in [0.2, 0.25) is 0 Å². The van der Waals surface area contributed by atoms with E-state index in [4.69, 9.17) is 4.98 Å². The fourth-order valence-electron chi connectivity index (χ4n) is 5.03. The molecule has 8 nitrogen and oxygen atoms in total. The molecule has 4 aromatic rings. The van der Waals surface area contributed by atoms with Crippen molar-refractivity contribution in [1.29, 1.82) is 0 Å². The molecule has 5 heterocycles. The topological polar surface area (TPSA) is 77.0 Å². The van der Waals surface area contributed by atoms with Crippen molar-refractivity contribution in [2.45, 2.75) is 32.2 Å². The molecule has 0 amide bonds. The lowest BCUT2D eigenvalue weighted by atomic mass is 9.74. The van der Waals surface area contributed by atoms with E-state index < -0.39 is 5.41 Å². The van der Waals surface area contributed by atoms with Crippen molar-refractivity contribution in [3.05, 3.63) is 73.3 Å². The number of allylic oxidation sites excluding steroid dienone is 3. The molecule has 0 N–H and O–H groups in total. The quantitative estimate of drug-likeness (QED) is 0.448. The third kappa shape index (κ3) is 3.28. The molecule has 0 aromatic carbocycles. The minimum atomic E-state index is -0.931. The van der Waals surface area contributed by atoms with Gasteiger partial charge in [0.05, 0.1) is 24.3 Å². The van der Waals surface area contributed by atoms with E-state index in [-0.39, 0.29) is 24.1 Å². The first-order chi connectivity index (χ1) is 16.5. The van der Waals surface area contributed by atoms with Crippen LogP contribution in [0.15, 0.2) is 73.3 Å². The first-order valence-corrected chi connectivity index (χ1v) is 11.2. The maximum atomic E-state index is 14.9. The molecule has 2 aliphatic rings. The highest BCUT2D eigenvalue weighted by Gasteiger charge is 2.46. The zero-order valence-corrected chi connectivity index (χ0v) is 18.5. The van der Waals surface area contributed by atoms with Gasteiger partial charge in [0.2, 0.25) is 0 Å². The van der Waals surface area contributed by atoms with E-state index in [9.17, 15) is 8.78 Å². The summed E-state index contributed by atoms with van der Waals surface area (Å²) in [6, 6.07) is 1.67. The highest BCUT2D eigenvalue weighted by atomic mass is 19.1. The third-order valence-electron chi connectivity index (χ3n) is 6.80. The van der Waals surface area contributed by atoms with Crippen molar-refractivity contribution in [2.24, 2.45) is 5.41 Å². The number of rotatable bonds is 4. The van der Waals surface area contributed by atoms with Crippen molar-refractivity contribution in [3.8, 4) is 16.9 Å². The van der Waals surface area contributed by atoms with E-state index in [1.54, 1.807) is 47.1 Å². The minimum Gasteiger partial charge on any atom is -0.353 e. The van der Waals surface area contributed by atoms with E-state index in [0.29, 0.717) is 17.2 Å². The van der Waals surface area contributed by atoms with Gasteiger partial charge in [-0.2, -0.15) is 10.2 Å². The summed E-state index contributed by atoms with van der Waals surface area (Å²) < 4.78 is 32.5. The van der Waals surface area contributed by atoms with Gasteiger partial charge in [-0.25, -0.2) is 23.0 Å². The second-order valence-corrected chi connectivity index (χ2v) is 8.92. The fourth-order valence-corrected chi connectivity index (χ4v) is 5.03. The molecule has 4 aromatic heterocycles. The maximum absolute atomic E-state index is 14.9. The van der Waals surface area contributed by atoms with Crippen LogP contribution < -0.4 is 4.90 Å². The Morgan fingerprint density at radius 1 is 1.09 bits per heavy atom. The van der Waals surface area contributed by atoms with Gasteiger partial charge in [-0.3, -0.25) is 9.97 Å². The number of fused-ring (bicyclic) bond motifs is 1. The Kier molecular flexibility index (Phi) is 4.75. The molecule has 10 heteroatoms. The lowest BCUT2D eigenvalue weighted by Gasteiger charge is -2.40. The van der Waals surface area contributed by atoms with E-state index in [1.165, 1.54) is 12.2 Å². The molecule has 6 rings (SSSR count). The summed E-state index contributed by atoms with van der Waals surface area (Å²) in [6.45, 7) is 2.53. The Balaban J connectivity index is 1.36. The van der Waals surface area contributed by atoms with Gasteiger partial charge in [0, 0.05) is 54.8 Å². The average molecular weight is 460 g/mol. The number of nitrogens with zero attached hydrogens (tertiary/aromatic N) is 8. The molecular weight excluding hydrogens is 438 g/mol. The summed E-state index contributed by atoms with van der Waals surface area (Å²) in [5, 5.41) is 8.88. The highest BCUT2D eigenvalue weighted by Crippen LogP contribution is 2.47. The molecule has 1 aliphatic carbocycles. The molecule has 1 aliphatic heterocycles. The summed E-state index contributed by atoms with van der Waals surface area (Å²) >= 11 is 0. The number of hydrogen-bond acceptors (Lipinski definition) is 6. The van der Waals surface area contributed by atoms with E-state index in [2.05, 4.69) is 25.1 Å². The maximum Gasteiger partial charge on any atom is 0.183 e. The summed E-state index contributed by atoms with van der Waals surface area (Å²) in [5.41, 5.74) is 1.94. The Morgan fingerprint density at radius 3 is 2.85 bits per heavy atom. The smallest absolute Gasteiger partial charge is 0.183 e. The van der Waals surface area contributed by atoms with Crippen molar-refractivity contribution < 1.29 is 8.78 Å². The summed E-state index contributed by atoms with van der Waals surface area (Å²) in [5.74, 6) is 0.127. The van der Waals surface area contributed by atoms with Crippen LogP contribution in [-0.2, 0) is 0 Å². The second-order valence-electron chi connectivity index (χ2n) is 8.92. The molecule has 1 unspecified atom stereocenters. The first-order valence-electron chi connectivity index (χ1n) is 11.2. The van der Waals surface area contributed by atoms with Gasteiger partial charge in [-0.1, -0.05) is 6.92 Å². The molecule has 2 atom stereocenters. The van der Waals surface area contributed by atoms with Crippen molar-refractivity contribution in [1.82, 2.24) is 34.3 Å². The van der Waals surface area contributed by atoms with Crippen LogP contribution in [0.4, 0.5) is 14.6 Å². The van der Waals surface area contributed by atoms with Gasteiger partial charge in [0.1, 0.15) is 23.2 Å². The molecule has 172 valence electrons. The summed E-state index contributed by atoms with van der Waals surface area (Å²) in [6.07, 6.45) is 16.2. The van der Waals surface area contributed by atoms with Gasteiger partial charge < -0.3 is 4.90 Å². The van der Waals surface area contributed by atoms with Gasteiger partial charge in [0.25, 0.3) is 0 Å². The van der Waals surface area contributed by atoms with Crippen LogP contribution in [0.25, 0.3) is 22.6 Å². The molecular formula is C24H22F2N8. The Hall–Kier alpha value is -3.95. The normalized spacial score (nSPS) is 22.8. The van der Waals surface area contributed by atoms with Gasteiger partial charge >= 0.3 is 0 Å². The highest BCUT2D eigenvalue weighted by molar-refractivity contribution is 5.63. The van der Waals surface area contributed by atoms with Gasteiger partial charge in [-0.15, -0.1) is 0 Å². The molecule has 1 fully saturated rings. The predicted molar refractivity (Wildman–Crippen MR) is 123 cm³/mol. The van der Waals surface area contributed by atoms with Crippen LogP contribution in [0.1, 0.15) is 26.2 Å². The largest absolute Gasteiger partial charge is 0.353 e. The Labute approximate surface area is 194 Å². The van der Waals surface area contributed by atoms with Gasteiger partial charge in [0.15, 0.2) is 5.65 Å². The second kappa shape index (κ2) is 7.82. The minimum absolute atomic E-state index is 0.0507. The number of anilines is 1. The summed E-state index contributed by atoms with van der Waals surface area (Å²) in [7, 11) is 0. The van der Waals surface area contributed by atoms with E-state index in [1.807, 2.05) is 18.5 Å². The van der Waals surface area contributed by atoms with Crippen molar-refractivity contribution in [2.75, 3.05) is 11.4 Å². The lowest BCUT2D eigenvalue weighted by Crippen LogP contribution is -2.44. The van der Waals surface area contributed by atoms with Crippen LogP contribution in [0.3, 0.4) is 0 Å². The van der Waals surface area contributed by atoms with Crippen molar-refractivity contribution >= 4 is 11.5 Å². The summed E-state index contributed by atoms with van der Waals surface area (Å²) in [4.78, 5) is 15.4. The standard InChI is InChI=1S/C24H22F2N8/c1-24(11-17(25)4-5-20(24)26)21-3-2-9-32(21)22-6-10-33-23(31-22)19(14-30-33)34-15-16(12-29-34)18-13-27-7-8-28-18/h4-8,10,12-15,21H,2-3,9,11H2,1H3/t21-,24?/m0/s1. The predicted octanol–water partition coefficient (Wildman–Crippen LogP) is 4.46. The number of hydrogen-bond donors (Lipinski definition) is 0. The molecule has 0 saturated carbocycles. The van der Waals surface area contributed by atoms with E-state index >= 15 is 0 Å². The SMILES string of the molecule is CC1([C@@H]2CCCN2c2ccn3ncc(-n4cc(-c5cnccn5)cn4)c3n2)CC(F)=CC=C1F. The van der Waals surface area contributed by atoms with Crippen LogP contribution in [0.5, 0.6) is 0 Å². The van der Waals surface area contributed by atoms with Crippen LogP contribution >= 0.6 is 0 Å². The van der Waals surface area contributed by atoms with Crippen LogP contribution in [-0.4, -0.2) is 46.9 Å². The lowest BCUT2D eigenvalue weighted by molar-refractivity contribution is 0.233. The monoisotopic (exact) mass is 460 g/mol. The molecule has 0 bridgehead atoms. The molecule has 34 heavy (non-hydrogen) atoms. The zero-order valence-electron chi connectivity index (χ0n) is 18.5.